The van der Waals surface area contributed by atoms with Crippen molar-refractivity contribution in [2.75, 3.05) is 6.61 Å². The van der Waals surface area contributed by atoms with E-state index in [1.807, 2.05) is 0 Å². The normalized spacial score (nSPS) is 27.3. The van der Waals surface area contributed by atoms with Gasteiger partial charge in [-0.05, 0) is 141 Å². The van der Waals surface area contributed by atoms with Gasteiger partial charge in [-0.3, -0.25) is 29.8 Å². The third-order valence-corrected chi connectivity index (χ3v) is 17.6. The first-order valence-corrected chi connectivity index (χ1v) is 25.1. The molecule has 4 aliphatic carbocycles. The van der Waals surface area contributed by atoms with E-state index in [2.05, 4.69) is 13.8 Å². The second kappa shape index (κ2) is 18.0. The molecule has 2 aliphatic heterocycles. The molecule has 11 rings (SSSR count). The summed E-state index contributed by atoms with van der Waals surface area (Å²) in [5.74, 6) is -0.411. The highest BCUT2D eigenvalue weighted by atomic mass is 16.6. The van der Waals surface area contributed by atoms with Gasteiger partial charge in [-0.25, -0.2) is 24.2 Å². The van der Waals surface area contributed by atoms with Gasteiger partial charge in [-0.15, -0.1) is 0 Å². The number of hydrogen-bond donors (Lipinski definition) is 0. The Labute approximate surface area is 422 Å². The van der Waals surface area contributed by atoms with Crippen LogP contribution < -0.4 is 15.0 Å². The first-order chi connectivity index (χ1) is 35.4. The van der Waals surface area contributed by atoms with Crippen LogP contribution in [0.3, 0.4) is 0 Å². The molecule has 0 spiro atoms. The van der Waals surface area contributed by atoms with Gasteiger partial charge in [0.15, 0.2) is 6.61 Å². The lowest BCUT2D eigenvalue weighted by Crippen LogP contribution is -2.54. The fraction of sp³-hybridized carbons (Fsp3) is 0.436. The van der Waals surface area contributed by atoms with E-state index in [4.69, 9.17) is 28.7 Å². The summed E-state index contributed by atoms with van der Waals surface area (Å²) < 4.78 is 30.2. The standard InChI is InChI=1S/C55H52N4O15/c1-4-55(74-47(61)28-70-36-8-5-29(6-9-36)50(63)73-38-15-17-53(2)33(23-38)7-11-39-41-12-14-46(60)54(41,3)18-16-42(39)53)43-25-45-48-32(26-57(45)49(62)40(43)27-71-52(55)65)19-30-22-37(10-13-44(30)56-48)72-51(64)31-20-34(58(66)67)24-35(21-31)59(68)69/h5-6,8-10,13,19-22,24-25,33,38-39,41-42H,4,7,11-12,14-18,23,26-28H2,1-3H3/t33?,38-,39?,41?,42?,53-,54-,55-/m0/s1. The second-order valence-corrected chi connectivity index (χ2v) is 21.2. The molecule has 4 heterocycles. The molecule has 0 amide bonds. The number of ketones is 1. The lowest BCUT2D eigenvalue weighted by molar-refractivity contribution is -0.394. The number of rotatable bonds is 11. The summed E-state index contributed by atoms with van der Waals surface area (Å²) in [6.07, 6.45) is 8.36. The summed E-state index contributed by atoms with van der Waals surface area (Å²) in [6.45, 7) is 5.37. The minimum atomic E-state index is -2.00. The Morgan fingerprint density at radius 1 is 0.824 bits per heavy atom. The van der Waals surface area contributed by atoms with Crippen LogP contribution in [-0.2, 0) is 47.3 Å². The summed E-state index contributed by atoms with van der Waals surface area (Å²) >= 11 is 0. The van der Waals surface area contributed by atoms with Gasteiger partial charge in [-0.2, -0.15) is 0 Å². The smallest absolute Gasteiger partial charge is 0.355 e. The Kier molecular flexibility index (Phi) is 11.8. The number of ether oxygens (including phenoxy) is 5. The van der Waals surface area contributed by atoms with Crippen molar-refractivity contribution < 1.29 is 57.5 Å². The van der Waals surface area contributed by atoms with Crippen molar-refractivity contribution in [3.63, 3.8) is 0 Å². The molecule has 0 bridgehead atoms. The number of Topliss-reactive ketones (excluding diaryl/α,β-unsaturated/α-hetero) is 1. The van der Waals surface area contributed by atoms with Crippen molar-refractivity contribution in [1.82, 2.24) is 9.55 Å². The van der Waals surface area contributed by atoms with Crippen LogP contribution in [0.15, 0.2) is 77.6 Å². The average molecular weight is 1010 g/mol. The lowest BCUT2D eigenvalue weighted by atomic mass is 9.45. The minimum Gasteiger partial charge on any atom is -0.482 e. The Morgan fingerprint density at radius 2 is 1.57 bits per heavy atom. The summed E-state index contributed by atoms with van der Waals surface area (Å²) in [7, 11) is 0. The number of pyridine rings is 2. The molecule has 6 aliphatic rings. The number of cyclic esters (lactones) is 1. The van der Waals surface area contributed by atoms with E-state index < -0.39 is 68.4 Å². The fourth-order valence-corrected chi connectivity index (χ4v) is 13.6. The molecule has 3 aromatic carbocycles. The molecule has 0 radical (unpaired) electrons. The number of nitro groups is 2. The van der Waals surface area contributed by atoms with E-state index >= 15 is 0 Å². The summed E-state index contributed by atoms with van der Waals surface area (Å²) in [6, 6.07) is 16.5. The van der Waals surface area contributed by atoms with Crippen molar-refractivity contribution in [2.45, 2.75) is 110 Å². The van der Waals surface area contributed by atoms with E-state index in [0.717, 1.165) is 76.0 Å². The fourth-order valence-electron chi connectivity index (χ4n) is 13.6. The number of aromatic nitrogens is 2. The van der Waals surface area contributed by atoms with Gasteiger partial charge in [0.1, 0.15) is 30.0 Å². The lowest BCUT2D eigenvalue weighted by Gasteiger charge is -2.60. The molecule has 19 nitrogen and oxygen atoms in total. The third kappa shape index (κ3) is 7.98. The van der Waals surface area contributed by atoms with E-state index in [1.54, 1.807) is 49.4 Å². The number of carbonyl (C=O) groups is 5. The molecular formula is C55H52N4O15. The highest BCUT2D eigenvalue weighted by Gasteiger charge is 2.60. The zero-order chi connectivity index (χ0) is 52.0. The van der Waals surface area contributed by atoms with Crippen LogP contribution in [0.5, 0.6) is 11.5 Å². The Bertz CT molecular complexity index is 3300. The van der Waals surface area contributed by atoms with Crippen LogP contribution in [0.4, 0.5) is 11.4 Å². The topological polar surface area (TPSA) is 253 Å². The summed E-state index contributed by atoms with van der Waals surface area (Å²) in [5, 5.41) is 23.2. The van der Waals surface area contributed by atoms with E-state index in [1.165, 1.54) is 16.7 Å². The number of carbonyl (C=O) groups excluding carboxylic acids is 5. The van der Waals surface area contributed by atoms with Gasteiger partial charge in [0, 0.05) is 40.5 Å². The monoisotopic (exact) mass is 1010 g/mol. The van der Waals surface area contributed by atoms with Crippen molar-refractivity contribution in [2.24, 2.45) is 34.5 Å². The molecule has 0 saturated heterocycles. The highest BCUT2D eigenvalue weighted by molar-refractivity contribution is 5.94. The van der Waals surface area contributed by atoms with Crippen molar-refractivity contribution in [3.05, 3.63) is 131 Å². The maximum Gasteiger partial charge on any atom is 0.355 e. The van der Waals surface area contributed by atoms with Gasteiger partial charge in [0.25, 0.3) is 16.9 Å². The third-order valence-electron chi connectivity index (χ3n) is 17.6. The summed E-state index contributed by atoms with van der Waals surface area (Å²) in [4.78, 5) is 107. The number of non-ortho nitro benzene ring substituents is 2. The molecule has 4 unspecified atom stereocenters. The van der Waals surface area contributed by atoms with Crippen molar-refractivity contribution in [3.8, 4) is 22.9 Å². The Morgan fingerprint density at radius 3 is 2.30 bits per heavy atom. The molecule has 5 aromatic rings. The van der Waals surface area contributed by atoms with Crippen LogP contribution in [0.25, 0.3) is 22.3 Å². The van der Waals surface area contributed by atoms with Gasteiger partial charge in [-0.1, -0.05) is 20.8 Å². The zero-order valence-electron chi connectivity index (χ0n) is 40.9. The maximum absolute atomic E-state index is 14.2. The molecule has 74 heavy (non-hydrogen) atoms. The first kappa shape index (κ1) is 48.4. The van der Waals surface area contributed by atoms with Crippen LogP contribution in [0.1, 0.15) is 122 Å². The molecule has 4 saturated carbocycles. The molecule has 19 heteroatoms. The first-order valence-electron chi connectivity index (χ1n) is 25.1. The predicted octanol–water partition coefficient (Wildman–Crippen LogP) is 8.88. The SMILES string of the molecule is CC[C@@]1(OC(=O)COc2ccc(C(=O)O[C@H]3CC[C@@]4(C)C(CCC5C4CC[C@]4(C)C(=O)CCC54)C3)cc2)C(=O)OCc2c1cc1n(c2=O)Cc2cc3cc(OC(=O)c4cc([N+](=O)[O-])cc([N+](=O)[O-])c4)ccc3nc2-1. The summed E-state index contributed by atoms with van der Waals surface area (Å²) in [5.41, 5.74) is -1.77. The number of nitrogens with zero attached hydrogens (tertiary/aromatic N) is 4. The van der Waals surface area contributed by atoms with Crippen molar-refractivity contribution >= 4 is 51.9 Å². The van der Waals surface area contributed by atoms with E-state index in [-0.39, 0.29) is 59.1 Å². The second-order valence-electron chi connectivity index (χ2n) is 21.2. The van der Waals surface area contributed by atoms with Crippen molar-refractivity contribution in [1.29, 1.82) is 0 Å². The van der Waals surface area contributed by atoms with Crippen LogP contribution in [-0.4, -0.2) is 61.8 Å². The predicted molar refractivity (Wildman–Crippen MR) is 261 cm³/mol. The van der Waals surface area contributed by atoms with Crippen LogP contribution in [0, 0.1) is 54.7 Å². The van der Waals surface area contributed by atoms with Gasteiger partial charge in [0.2, 0.25) is 5.60 Å². The average Bonchev–Trinajstić information content (AvgIpc) is 3.91. The number of benzene rings is 3. The van der Waals surface area contributed by atoms with Gasteiger partial charge in [0.05, 0.1) is 56.1 Å². The maximum atomic E-state index is 14.2. The molecule has 8 atom stereocenters. The quantitative estimate of drug-likeness (QED) is 0.0386. The van der Waals surface area contributed by atoms with Gasteiger partial charge < -0.3 is 28.3 Å². The molecule has 4 fully saturated rings. The van der Waals surface area contributed by atoms with Crippen LogP contribution in [0.2, 0.25) is 0 Å². The molecule has 382 valence electrons. The number of esters is 4. The number of hydrogen-bond acceptors (Lipinski definition) is 16. The number of nitro benzene ring substituents is 2. The largest absolute Gasteiger partial charge is 0.482 e. The van der Waals surface area contributed by atoms with E-state index in [0.29, 0.717) is 62.9 Å². The number of fused-ring (bicyclic) bond motifs is 10. The zero-order valence-corrected chi connectivity index (χ0v) is 40.9. The minimum absolute atomic E-state index is 0.0180. The Hall–Kier alpha value is -7.83. The van der Waals surface area contributed by atoms with Gasteiger partial charge >= 0.3 is 23.9 Å². The molecule has 2 aromatic heterocycles. The molecule has 0 N–H and O–H groups in total. The Balaban J connectivity index is 0.739. The molecular weight excluding hydrogens is 957 g/mol. The van der Waals surface area contributed by atoms with E-state index in [9.17, 15) is 49.0 Å². The van der Waals surface area contributed by atoms with Crippen LogP contribution >= 0.6 is 0 Å². The highest BCUT2D eigenvalue weighted by Crippen LogP contribution is 2.65.